The first-order chi connectivity index (χ1) is 7.20. The maximum absolute atomic E-state index is 13.7. The Hall–Kier alpha value is -0.890. The summed E-state index contributed by atoms with van der Waals surface area (Å²) in [6, 6.07) is 6.88. The molecule has 0 radical (unpaired) electrons. The summed E-state index contributed by atoms with van der Waals surface area (Å²) >= 11 is 0. The summed E-state index contributed by atoms with van der Waals surface area (Å²) in [7, 11) is 1.66. The lowest BCUT2D eigenvalue weighted by Gasteiger charge is -2.32. The molecule has 1 aromatic carbocycles. The maximum Gasteiger partial charge on any atom is 0.129 e. The van der Waals surface area contributed by atoms with Gasteiger partial charge in [0.25, 0.3) is 0 Å². The summed E-state index contributed by atoms with van der Waals surface area (Å²) in [5.74, 6) is -0.172. The summed E-state index contributed by atoms with van der Waals surface area (Å²) in [4.78, 5) is 0. The van der Waals surface area contributed by atoms with Crippen molar-refractivity contribution >= 4 is 0 Å². The normalized spacial score (nSPS) is 14.9. The van der Waals surface area contributed by atoms with Crippen LogP contribution < -0.4 is 0 Å². The first-order valence-corrected chi connectivity index (χ1v) is 5.50. The Morgan fingerprint density at radius 2 is 1.93 bits per heavy atom. The Morgan fingerprint density at radius 1 is 1.27 bits per heavy atom. The zero-order valence-corrected chi connectivity index (χ0v) is 9.72. The monoisotopic (exact) mass is 210 g/mol. The zero-order valence-electron chi connectivity index (χ0n) is 9.72. The molecule has 0 bridgehead atoms. The van der Waals surface area contributed by atoms with Crippen LogP contribution >= 0.6 is 0 Å². The standard InChI is InChI=1S/C13H19FO/c1-4-10-13(5-2,15-3)11-8-6-7-9-12(11)14/h6-9H,4-5,10H2,1-3H3/t13-/m0/s1. The molecule has 0 aliphatic carbocycles. The average molecular weight is 210 g/mol. The van der Waals surface area contributed by atoms with E-state index in [0.29, 0.717) is 5.56 Å². The van der Waals surface area contributed by atoms with Gasteiger partial charge in [0.1, 0.15) is 5.82 Å². The Kier molecular flexibility index (Phi) is 4.28. The number of benzene rings is 1. The highest BCUT2D eigenvalue weighted by molar-refractivity contribution is 5.24. The SMILES string of the molecule is CCC[C@](CC)(OC)c1ccccc1F. The van der Waals surface area contributed by atoms with E-state index in [1.165, 1.54) is 6.07 Å². The van der Waals surface area contributed by atoms with Crippen molar-refractivity contribution < 1.29 is 9.13 Å². The van der Waals surface area contributed by atoms with Crippen molar-refractivity contribution in [1.82, 2.24) is 0 Å². The van der Waals surface area contributed by atoms with Crippen molar-refractivity contribution in [1.29, 1.82) is 0 Å². The smallest absolute Gasteiger partial charge is 0.129 e. The van der Waals surface area contributed by atoms with E-state index in [2.05, 4.69) is 6.92 Å². The quantitative estimate of drug-likeness (QED) is 0.716. The summed E-state index contributed by atoms with van der Waals surface area (Å²) < 4.78 is 19.3. The minimum absolute atomic E-state index is 0.172. The molecule has 0 aliphatic rings. The Labute approximate surface area is 91.3 Å². The molecule has 0 unspecified atom stereocenters. The van der Waals surface area contributed by atoms with Gasteiger partial charge in [0.15, 0.2) is 0 Å². The first kappa shape index (κ1) is 12.2. The maximum atomic E-state index is 13.7. The molecule has 1 rings (SSSR count). The Balaban J connectivity index is 3.13. The summed E-state index contributed by atoms with van der Waals surface area (Å²) in [6.07, 6.45) is 2.62. The van der Waals surface area contributed by atoms with Gasteiger partial charge in [-0.25, -0.2) is 4.39 Å². The summed E-state index contributed by atoms with van der Waals surface area (Å²) in [6.45, 7) is 4.12. The molecule has 1 atom stereocenters. The molecule has 0 spiro atoms. The van der Waals surface area contributed by atoms with Gasteiger partial charge < -0.3 is 4.74 Å². The van der Waals surface area contributed by atoms with Crippen LogP contribution in [0.3, 0.4) is 0 Å². The molecule has 0 heterocycles. The zero-order chi connectivity index (χ0) is 11.3. The molecule has 2 heteroatoms. The van der Waals surface area contributed by atoms with E-state index in [0.717, 1.165) is 19.3 Å². The van der Waals surface area contributed by atoms with E-state index in [-0.39, 0.29) is 5.82 Å². The highest BCUT2D eigenvalue weighted by Crippen LogP contribution is 2.35. The molecule has 1 nitrogen and oxygen atoms in total. The summed E-state index contributed by atoms with van der Waals surface area (Å²) in [5.41, 5.74) is 0.219. The molecule has 0 amide bonds. The van der Waals surface area contributed by atoms with E-state index in [9.17, 15) is 4.39 Å². The molecule has 0 fully saturated rings. The van der Waals surface area contributed by atoms with Crippen LogP contribution in [0.1, 0.15) is 38.7 Å². The minimum atomic E-state index is -0.458. The fourth-order valence-corrected chi connectivity index (χ4v) is 2.09. The van der Waals surface area contributed by atoms with Crippen LogP contribution in [0.4, 0.5) is 4.39 Å². The minimum Gasteiger partial charge on any atom is -0.373 e. The third-order valence-corrected chi connectivity index (χ3v) is 2.98. The van der Waals surface area contributed by atoms with Gasteiger partial charge in [0, 0.05) is 12.7 Å². The number of methoxy groups -OCH3 is 1. The van der Waals surface area contributed by atoms with Crippen molar-refractivity contribution in [2.45, 2.75) is 38.7 Å². The molecule has 0 saturated heterocycles. The molecule has 0 aromatic heterocycles. The largest absolute Gasteiger partial charge is 0.373 e. The molecule has 0 N–H and O–H groups in total. The van der Waals surface area contributed by atoms with Crippen molar-refractivity contribution in [2.24, 2.45) is 0 Å². The van der Waals surface area contributed by atoms with Crippen molar-refractivity contribution in [3.05, 3.63) is 35.6 Å². The van der Waals surface area contributed by atoms with Crippen LogP contribution in [0.25, 0.3) is 0 Å². The number of ether oxygens (including phenoxy) is 1. The molecule has 0 aliphatic heterocycles. The Bertz CT molecular complexity index is 305. The lowest BCUT2D eigenvalue weighted by molar-refractivity contribution is -0.0289. The average Bonchev–Trinajstić information content (AvgIpc) is 2.27. The molecule has 0 saturated carbocycles. The fourth-order valence-electron chi connectivity index (χ4n) is 2.09. The first-order valence-electron chi connectivity index (χ1n) is 5.50. The van der Waals surface area contributed by atoms with Crippen LogP contribution in [0.5, 0.6) is 0 Å². The fraction of sp³-hybridized carbons (Fsp3) is 0.538. The van der Waals surface area contributed by atoms with Gasteiger partial charge in [-0.1, -0.05) is 38.5 Å². The van der Waals surface area contributed by atoms with Crippen LogP contribution in [0, 0.1) is 5.82 Å². The van der Waals surface area contributed by atoms with Crippen LogP contribution in [0.2, 0.25) is 0 Å². The van der Waals surface area contributed by atoms with E-state index in [1.807, 2.05) is 19.1 Å². The third kappa shape index (κ3) is 2.37. The molecular formula is C13H19FO. The highest BCUT2D eigenvalue weighted by atomic mass is 19.1. The number of hydrogen-bond acceptors (Lipinski definition) is 1. The van der Waals surface area contributed by atoms with Gasteiger partial charge in [0.2, 0.25) is 0 Å². The Morgan fingerprint density at radius 3 is 2.40 bits per heavy atom. The van der Waals surface area contributed by atoms with Gasteiger partial charge in [-0.05, 0) is 18.9 Å². The highest BCUT2D eigenvalue weighted by Gasteiger charge is 2.31. The molecule has 15 heavy (non-hydrogen) atoms. The summed E-state index contributed by atoms with van der Waals surface area (Å²) in [5, 5.41) is 0. The molecule has 84 valence electrons. The predicted molar refractivity (Wildman–Crippen MR) is 60.3 cm³/mol. The lowest BCUT2D eigenvalue weighted by atomic mass is 9.86. The van der Waals surface area contributed by atoms with E-state index in [1.54, 1.807) is 13.2 Å². The molecule has 1 aromatic rings. The van der Waals surface area contributed by atoms with E-state index >= 15 is 0 Å². The van der Waals surface area contributed by atoms with Gasteiger partial charge in [-0.2, -0.15) is 0 Å². The topological polar surface area (TPSA) is 9.23 Å². The van der Waals surface area contributed by atoms with Crippen molar-refractivity contribution in [2.75, 3.05) is 7.11 Å². The van der Waals surface area contributed by atoms with Crippen LogP contribution in [0.15, 0.2) is 24.3 Å². The second-order valence-corrected chi connectivity index (χ2v) is 3.78. The van der Waals surface area contributed by atoms with Gasteiger partial charge >= 0.3 is 0 Å². The van der Waals surface area contributed by atoms with Crippen molar-refractivity contribution in [3.8, 4) is 0 Å². The number of hydrogen-bond donors (Lipinski definition) is 0. The van der Waals surface area contributed by atoms with Gasteiger partial charge in [0.05, 0.1) is 5.60 Å². The van der Waals surface area contributed by atoms with E-state index < -0.39 is 5.60 Å². The molecular weight excluding hydrogens is 191 g/mol. The third-order valence-electron chi connectivity index (χ3n) is 2.98. The number of halogens is 1. The van der Waals surface area contributed by atoms with E-state index in [4.69, 9.17) is 4.74 Å². The second-order valence-electron chi connectivity index (χ2n) is 3.78. The lowest BCUT2D eigenvalue weighted by Crippen LogP contribution is -2.28. The van der Waals surface area contributed by atoms with Gasteiger partial charge in [-0.3, -0.25) is 0 Å². The van der Waals surface area contributed by atoms with Crippen LogP contribution in [-0.4, -0.2) is 7.11 Å². The van der Waals surface area contributed by atoms with Gasteiger partial charge in [-0.15, -0.1) is 0 Å². The second kappa shape index (κ2) is 5.26. The predicted octanol–water partition coefficient (Wildman–Crippen LogP) is 3.88. The number of rotatable bonds is 5. The van der Waals surface area contributed by atoms with Crippen LogP contribution in [-0.2, 0) is 10.3 Å². The van der Waals surface area contributed by atoms with Crippen molar-refractivity contribution in [3.63, 3.8) is 0 Å².